The van der Waals surface area contributed by atoms with Crippen molar-refractivity contribution in [3.63, 3.8) is 0 Å². The number of sulfone groups is 1. The summed E-state index contributed by atoms with van der Waals surface area (Å²) >= 11 is 0. The van der Waals surface area contributed by atoms with Crippen LogP contribution in [0, 0.1) is 13.8 Å². The second-order valence-corrected chi connectivity index (χ2v) is 6.26. The van der Waals surface area contributed by atoms with E-state index in [-0.39, 0.29) is 21.3 Å². The smallest absolute Gasteiger partial charge is 0.214 e. The van der Waals surface area contributed by atoms with Crippen LogP contribution in [0.25, 0.3) is 0 Å². The van der Waals surface area contributed by atoms with E-state index in [9.17, 15) is 18.6 Å². The summed E-state index contributed by atoms with van der Waals surface area (Å²) in [6.45, 7) is 3.38. The molecule has 0 aliphatic carbocycles. The van der Waals surface area contributed by atoms with Gasteiger partial charge >= 0.3 is 0 Å². The summed E-state index contributed by atoms with van der Waals surface area (Å²) in [5, 5.41) is 19.6. The van der Waals surface area contributed by atoms with Crippen molar-refractivity contribution in [1.29, 1.82) is 0 Å². The number of aromatic hydroxyl groups is 2. The lowest BCUT2D eigenvalue weighted by Crippen LogP contribution is -2.05. The van der Waals surface area contributed by atoms with Crippen LogP contribution in [0.15, 0.2) is 46.2 Å². The Balaban J connectivity index is 2.75. The summed E-state index contributed by atoms with van der Waals surface area (Å²) in [4.78, 5) is -0.378. The molecule has 4 nitrogen and oxygen atoms in total. The first-order valence-corrected chi connectivity index (χ1v) is 7.15. The summed E-state index contributed by atoms with van der Waals surface area (Å²) in [5.74, 6) is -0.636. The molecule has 0 radical (unpaired) electrons. The molecular formula is C14H14O4S. The lowest BCUT2D eigenvalue weighted by molar-refractivity contribution is 0.452. The molecule has 2 rings (SSSR count). The monoisotopic (exact) mass is 278 g/mol. The van der Waals surface area contributed by atoms with Crippen LogP contribution in [0.1, 0.15) is 11.1 Å². The molecule has 100 valence electrons. The van der Waals surface area contributed by atoms with Gasteiger partial charge in [0, 0.05) is 0 Å². The molecule has 0 amide bonds. The summed E-state index contributed by atoms with van der Waals surface area (Å²) in [6.07, 6.45) is 0. The third-order valence-corrected chi connectivity index (χ3v) is 4.82. The number of phenols is 2. The van der Waals surface area contributed by atoms with Gasteiger partial charge in [-0.2, -0.15) is 0 Å². The summed E-state index contributed by atoms with van der Waals surface area (Å²) in [5.41, 5.74) is 1.21. The molecule has 0 saturated carbocycles. The quantitative estimate of drug-likeness (QED) is 0.885. The SMILES string of the molecule is Cc1cc(C)c(S(=O)(=O)c2ccccc2O)c(O)c1. The molecular weight excluding hydrogens is 264 g/mol. The second kappa shape index (κ2) is 4.59. The van der Waals surface area contributed by atoms with Gasteiger partial charge in [-0.15, -0.1) is 0 Å². The van der Waals surface area contributed by atoms with Gasteiger partial charge in [0.05, 0.1) is 0 Å². The average molecular weight is 278 g/mol. The average Bonchev–Trinajstić information content (AvgIpc) is 2.27. The van der Waals surface area contributed by atoms with Gasteiger partial charge in [-0.3, -0.25) is 0 Å². The van der Waals surface area contributed by atoms with Gasteiger partial charge in [-0.1, -0.05) is 18.2 Å². The van der Waals surface area contributed by atoms with E-state index in [4.69, 9.17) is 0 Å². The molecule has 0 aromatic heterocycles. The molecule has 5 heteroatoms. The Kier molecular flexibility index (Phi) is 3.24. The van der Waals surface area contributed by atoms with Crippen molar-refractivity contribution in [3.05, 3.63) is 47.5 Å². The van der Waals surface area contributed by atoms with Gasteiger partial charge in [-0.25, -0.2) is 8.42 Å². The maximum atomic E-state index is 12.5. The lowest BCUT2D eigenvalue weighted by Gasteiger charge is -2.11. The number of phenolic OH excluding ortho intramolecular Hbond substituents is 2. The van der Waals surface area contributed by atoms with Crippen molar-refractivity contribution < 1.29 is 18.6 Å². The predicted molar refractivity (Wildman–Crippen MR) is 71.1 cm³/mol. The Morgan fingerprint density at radius 3 is 2.16 bits per heavy atom. The molecule has 0 atom stereocenters. The molecule has 0 spiro atoms. The normalized spacial score (nSPS) is 11.5. The van der Waals surface area contributed by atoms with Gasteiger partial charge in [-0.05, 0) is 43.2 Å². The Morgan fingerprint density at radius 1 is 0.947 bits per heavy atom. The van der Waals surface area contributed by atoms with Crippen LogP contribution >= 0.6 is 0 Å². The summed E-state index contributed by atoms with van der Waals surface area (Å²) in [6, 6.07) is 8.73. The minimum atomic E-state index is -3.95. The highest BCUT2D eigenvalue weighted by atomic mass is 32.2. The van der Waals surface area contributed by atoms with E-state index < -0.39 is 9.84 Å². The Bertz CT molecular complexity index is 710. The fourth-order valence-corrected chi connectivity index (χ4v) is 3.71. The van der Waals surface area contributed by atoms with Gasteiger partial charge in [0.2, 0.25) is 9.84 Å². The third-order valence-electron chi connectivity index (χ3n) is 2.82. The van der Waals surface area contributed by atoms with E-state index in [0.717, 1.165) is 5.56 Å². The highest BCUT2D eigenvalue weighted by molar-refractivity contribution is 7.91. The molecule has 0 fully saturated rings. The number of benzene rings is 2. The Hall–Kier alpha value is -2.01. The van der Waals surface area contributed by atoms with E-state index in [1.807, 2.05) is 0 Å². The van der Waals surface area contributed by atoms with E-state index in [2.05, 4.69) is 0 Å². The molecule has 2 aromatic rings. The summed E-state index contributed by atoms with van der Waals surface area (Å²) in [7, 11) is -3.95. The van der Waals surface area contributed by atoms with Crippen molar-refractivity contribution in [2.24, 2.45) is 0 Å². The van der Waals surface area contributed by atoms with Crippen LogP contribution in [0.2, 0.25) is 0 Å². The van der Waals surface area contributed by atoms with Crippen LogP contribution in [-0.4, -0.2) is 18.6 Å². The minimum Gasteiger partial charge on any atom is -0.507 e. The van der Waals surface area contributed by atoms with Crippen molar-refractivity contribution in [1.82, 2.24) is 0 Å². The topological polar surface area (TPSA) is 74.6 Å². The van der Waals surface area contributed by atoms with Crippen molar-refractivity contribution in [2.75, 3.05) is 0 Å². The van der Waals surface area contributed by atoms with E-state index in [1.54, 1.807) is 19.9 Å². The standard InChI is InChI=1S/C14H14O4S/c1-9-7-10(2)14(12(16)8-9)19(17,18)13-6-4-3-5-11(13)15/h3-8,15-16H,1-2H3. The highest BCUT2D eigenvalue weighted by Gasteiger charge is 2.26. The molecule has 0 unspecified atom stereocenters. The second-order valence-electron chi connectivity index (χ2n) is 4.40. The number of rotatable bonds is 2. The summed E-state index contributed by atoms with van der Waals surface area (Å²) < 4.78 is 25.0. The molecule has 0 saturated heterocycles. The third kappa shape index (κ3) is 2.29. The molecule has 19 heavy (non-hydrogen) atoms. The first kappa shape index (κ1) is 13.4. The van der Waals surface area contributed by atoms with Gasteiger partial charge in [0.25, 0.3) is 0 Å². The van der Waals surface area contributed by atoms with E-state index >= 15 is 0 Å². The zero-order valence-electron chi connectivity index (χ0n) is 10.6. The van der Waals surface area contributed by atoms with Gasteiger partial charge < -0.3 is 10.2 Å². The van der Waals surface area contributed by atoms with Crippen LogP contribution < -0.4 is 0 Å². The van der Waals surface area contributed by atoms with Crippen molar-refractivity contribution in [3.8, 4) is 11.5 Å². The molecule has 2 aromatic carbocycles. The van der Waals surface area contributed by atoms with Crippen LogP contribution in [0.5, 0.6) is 11.5 Å². The predicted octanol–water partition coefficient (Wildman–Crippen LogP) is 2.55. The zero-order chi connectivity index (χ0) is 14.2. The molecule has 0 bridgehead atoms. The Labute approximate surface area is 111 Å². The number of aryl methyl sites for hydroxylation is 2. The van der Waals surface area contributed by atoms with Crippen LogP contribution in [0.3, 0.4) is 0 Å². The molecule has 2 N–H and O–H groups in total. The van der Waals surface area contributed by atoms with E-state index in [1.165, 1.54) is 30.3 Å². The number of hydrogen-bond donors (Lipinski definition) is 2. The Morgan fingerprint density at radius 2 is 1.58 bits per heavy atom. The van der Waals surface area contributed by atoms with Crippen LogP contribution in [0.4, 0.5) is 0 Å². The largest absolute Gasteiger partial charge is 0.507 e. The highest BCUT2D eigenvalue weighted by Crippen LogP contribution is 2.35. The van der Waals surface area contributed by atoms with Gasteiger partial charge in [0.15, 0.2) is 0 Å². The fraction of sp³-hybridized carbons (Fsp3) is 0.143. The number of para-hydroxylation sites is 1. The van der Waals surface area contributed by atoms with E-state index in [0.29, 0.717) is 5.56 Å². The number of hydrogen-bond acceptors (Lipinski definition) is 4. The van der Waals surface area contributed by atoms with Crippen molar-refractivity contribution >= 4 is 9.84 Å². The minimum absolute atomic E-state index is 0.167. The van der Waals surface area contributed by atoms with Crippen molar-refractivity contribution in [2.45, 2.75) is 23.6 Å². The van der Waals surface area contributed by atoms with Gasteiger partial charge in [0.1, 0.15) is 21.3 Å². The maximum Gasteiger partial charge on any atom is 0.214 e. The molecule has 0 aliphatic rings. The maximum absolute atomic E-state index is 12.5. The zero-order valence-corrected chi connectivity index (χ0v) is 11.4. The molecule has 0 heterocycles. The first-order chi connectivity index (χ1) is 8.84. The van der Waals surface area contributed by atoms with Crippen LogP contribution in [-0.2, 0) is 9.84 Å². The first-order valence-electron chi connectivity index (χ1n) is 5.67. The lowest BCUT2D eigenvalue weighted by atomic mass is 10.1. The fourth-order valence-electron chi connectivity index (χ4n) is 2.08. The molecule has 0 aliphatic heterocycles.